The van der Waals surface area contributed by atoms with Crippen LogP contribution in [0.2, 0.25) is 0 Å². The summed E-state index contributed by atoms with van der Waals surface area (Å²) in [6.45, 7) is 10.8. The average molecular weight is 552 g/mol. The zero-order chi connectivity index (χ0) is 29.3. The molecular weight excluding hydrogens is 510 g/mol. The van der Waals surface area contributed by atoms with Gasteiger partial charge in [0, 0.05) is 19.6 Å². The number of aliphatic hydroxyl groups excluding tert-OH is 3. The number of hydrogen-bond donors (Lipinski definition) is 6. The maximum atomic E-state index is 11.1. The number of unbranched alkanes of at least 4 members (excludes halogenated alkanes) is 3. The number of nitrogens with one attached hydrogen (secondary N) is 3. The SMILES string of the molecule is C=CC(=O)NCCCC=C(O)OCC(COC(O)=CCCCNC(=O)C=C)OC(O)=CCCCNC(=O)C=C. The molecule has 39 heavy (non-hydrogen) atoms. The van der Waals surface area contributed by atoms with Crippen molar-refractivity contribution in [1.82, 2.24) is 16.0 Å². The van der Waals surface area contributed by atoms with Gasteiger partial charge in [0.1, 0.15) is 13.2 Å². The van der Waals surface area contributed by atoms with Gasteiger partial charge in [0.2, 0.25) is 17.7 Å². The van der Waals surface area contributed by atoms with Crippen molar-refractivity contribution in [2.24, 2.45) is 0 Å². The van der Waals surface area contributed by atoms with Crippen molar-refractivity contribution in [3.8, 4) is 0 Å². The van der Waals surface area contributed by atoms with Crippen LogP contribution in [0.25, 0.3) is 0 Å². The number of amides is 3. The standard InChI is InChI=1S/C27H41N3O9/c1-4-22(31)28-16-10-7-13-25(34)37-19-21(39-27(36)15-9-12-18-30-24(33)6-3)20-38-26(35)14-8-11-17-29-23(32)5-2/h4-6,13-15,21,34-36H,1-3,7-12,16-20H2,(H,28,31)(H,29,32)(H,30,33). The van der Waals surface area contributed by atoms with E-state index < -0.39 is 12.0 Å². The number of aliphatic hydroxyl groups is 3. The molecule has 6 N–H and O–H groups in total. The Kier molecular flexibility index (Phi) is 20.3. The highest BCUT2D eigenvalue weighted by molar-refractivity contribution is 5.87. The molecule has 0 bridgehead atoms. The molecule has 12 nitrogen and oxygen atoms in total. The van der Waals surface area contributed by atoms with Gasteiger partial charge in [-0.05, 0) is 75.0 Å². The average Bonchev–Trinajstić information content (AvgIpc) is 2.93. The third-order valence-electron chi connectivity index (χ3n) is 4.68. The van der Waals surface area contributed by atoms with Gasteiger partial charge in [0.05, 0.1) is 0 Å². The van der Waals surface area contributed by atoms with E-state index in [1.54, 1.807) is 0 Å². The summed E-state index contributed by atoms with van der Waals surface area (Å²) in [5.74, 6) is -2.03. The molecule has 218 valence electrons. The minimum Gasteiger partial charge on any atom is -0.481 e. The summed E-state index contributed by atoms with van der Waals surface area (Å²) in [6, 6.07) is 0. The molecular formula is C27H41N3O9. The summed E-state index contributed by atoms with van der Waals surface area (Å²) in [6.07, 6.45) is 9.76. The third-order valence-corrected chi connectivity index (χ3v) is 4.68. The summed E-state index contributed by atoms with van der Waals surface area (Å²) >= 11 is 0. The van der Waals surface area contributed by atoms with E-state index in [0.717, 1.165) is 6.08 Å². The van der Waals surface area contributed by atoms with E-state index in [0.29, 0.717) is 58.2 Å². The van der Waals surface area contributed by atoms with Crippen LogP contribution < -0.4 is 16.0 Å². The second-order valence-electron chi connectivity index (χ2n) is 7.90. The maximum absolute atomic E-state index is 11.1. The van der Waals surface area contributed by atoms with Crippen LogP contribution in [0, 0.1) is 0 Å². The highest BCUT2D eigenvalue weighted by atomic mass is 16.7. The molecule has 0 radical (unpaired) electrons. The van der Waals surface area contributed by atoms with Gasteiger partial charge >= 0.3 is 0 Å². The lowest BCUT2D eigenvalue weighted by Crippen LogP contribution is -2.26. The predicted molar refractivity (Wildman–Crippen MR) is 146 cm³/mol. The molecule has 0 unspecified atom stereocenters. The highest BCUT2D eigenvalue weighted by Crippen LogP contribution is 2.09. The topological polar surface area (TPSA) is 176 Å². The van der Waals surface area contributed by atoms with Gasteiger partial charge in [0.25, 0.3) is 17.8 Å². The summed E-state index contributed by atoms with van der Waals surface area (Å²) in [4.78, 5) is 33.4. The van der Waals surface area contributed by atoms with Gasteiger partial charge in [-0.3, -0.25) is 14.4 Å². The lowest BCUT2D eigenvalue weighted by atomic mass is 10.3. The largest absolute Gasteiger partial charge is 0.481 e. The Morgan fingerprint density at radius 3 is 1.28 bits per heavy atom. The predicted octanol–water partition coefficient (Wildman–Crippen LogP) is 2.85. The lowest BCUT2D eigenvalue weighted by Gasteiger charge is -2.19. The Morgan fingerprint density at radius 2 is 0.949 bits per heavy atom. The van der Waals surface area contributed by atoms with Crippen LogP contribution in [-0.2, 0) is 28.6 Å². The quantitative estimate of drug-likeness (QED) is 0.0633. The normalized spacial score (nSPS) is 12.5. The lowest BCUT2D eigenvalue weighted by molar-refractivity contribution is -0.117. The molecule has 0 aliphatic rings. The molecule has 0 aromatic rings. The molecule has 0 aromatic heterocycles. The Balaban J connectivity index is 4.79. The van der Waals surface area contributed by atoms with E-state index in [4.69, 9.17) is 14.2 Å². The maximum Gasteiger partial charge on any atom is 0.272 e. The molecule has 0 heterocycles. The van der Waals surface area contributed by atoms with Gasteiger partial charge in [-0.1, -0.05) is 19.7 Å². The third kappa shape index (κ3) is 21.4. The van der Waals surface area contributed by atoms with Gasteiger partial charge in [-0.25, -0.2) is 0 Å². The molecule has 0 aliphatic heterocycles. The van der Waals surface area contributed by atoms with Crippen LogP contribution in [0.15, 0.2) is 74.0 Å². The van der Waals surface area contributed by atoms with Crippen LogP contribution in [0.4, 0.5) is 0 Å². The fraction of sp³-hybridized carbons (Fsp3) is 0.444. The number of ether oxygens (including phenoxy) is 3. The zero-order valence-corrected chi connectivity index (χ0v) is 22.2. The Hall–Kier alpha value is -4.35. The van der Waals surface area contributed by atoms with Crippen molar-refractivity contribution in [3.05, 3.63) is 74.0 Å². The first-order chi connectivity index (χ1) is 18.7. The van der Waals surface area contributed by atoms with Crippen molar-refractivity contribution < 1.29 is 43.9 Å². The van der Waals surface area contributed by atoms with Gasteiger partial charge in [0.15, 0.2) is 6.10 Å². The molecule has 0 aromatic carbocycles. The molecule has 0 spiro atoms. The minimum atomic E-state index is -0.911. The van der Waals surface area contributed by atoms with Crippen LogP contribution in [0.3, 0.4) is 0 Å². The van der Waals surface area contributed by atoms with Crippen LogP contribution in [0.5, 0.6) is 0 Å². The first-order valence-electron chi connectivity index (χ1n) is 12.5. The van der Waals surface area contributed by atoms with Crippen molar-refractivity contribution in [1.29, 1.82) is 0 Å². The van der Waals surface area contributed by atoms with Crippen LogP contribution in [-0.4, -0.2) is 72.0 Å². The van der Waals surface area contributed by atoms with Crippen molar-refractivity contribution >= 4 is 17.7 Å². The van der Waals surface area contributed by atoms with E-state index in [9.17, 15) is 29.7 Å². The number of rotatable bonds is 23. The Labute approximate surface area is 229 Å². The molecule has 0 rings (SSSR count). The van der Waals surface area contributed by atoms with Crippen molar-refractivity contribution in [3.63, 3.8) is 0 Å². The molecule has 0 saturated carbocycles. The fourth-order valence-electron chi connectivity index (χ4n) is 2.64. The first kappa shape index (κ1) is 34.6. The van der Waals surface area contributed by atoms with E-state index in [2.05, 4.69) is 35.7 Å². The smallest absolute Gasteiger partial charge is 0.272 e. The highest BCUT2D eigenvalue weighted by Gasteiger charge is 2.16. The van der Waals surface area contributed by atoms with Crippen molar-refractivity contribution in [2.45, 2.75) is 44.6 Å². The van der Waals surface area contributed by atoms with Gasteiger partial charge < -0.3 is 45.5 Å². The molecule has 0 atom stereocenters. The molecule has 12 heteroatoms. The fourth-order valence-corrected chi connectivity index (χ4v) is 2.64. The van der Waals surface area contributed by atoms with E-state index in [1.165, 1.54) is 30.4 Å². The number of carbonyl (C=O) groups is 3. The van der Waals surface area contributed by atoms with E-state index in [-0.39, 0.29) is 42.8 Å². The number of allylic oxidation sites excluding steroid dienone is 3. The summed E-state index contributed by atoms with van der Waals surface area (Å²) in [7, 11) is 0. The number of hydrogen-bond acceptors (Lipinski definition) is 9. The summed E-state index contributed by atoms with van der Waals surface area (Å²) in [5, 5.41) is 37.9. The number of carbonyl (C=O) groups excluding carboxylic acids is 3. The Morgan fingerprint density at radius 1 is 0.615 bits per heavy atom. The molecule has 0 fully saturated rings. The van der Waals surface area contributed by atoms with Gasteiger partial charge in [-0.2, -0.15) is 0 Å². The molecule has 0 aliphatic carbocycles. The van der Waals surface area contributed by atoms with E-state index in [1.807, 2.05) is 0 Å². The summed E-state index contributed by atoms with van der Waals surface area (Å²) < 4.78 is 16.0. The molecule has 3 amide bonds. The zero-order valence-electron chi connectivity index (χ0n) is 22.2. The van der Waals surface area contributed by atoms with Crippen molar-refractivity contribution in [2.75, 3.05) is 32.8 Å². The second-order valence-corrected chi connectivity index (χ2v) is 7.90. The van der Waals surface area contributed by atoms with Crippen LogP contribution >= 0.6 is 0 Å². The minimum absolute atomic E-state index is 0.219. The monoisotopic (exact) mass is 551 g/mol. The first-order valence-corrected chi connectivity index (χ1v) is 12.5. The molecule has 0 saturated heterocycles. The van der Waals surface area contributed by atoms with E-state index >= 15 is 0 Å². The Bertz CT molecular complexity index is 834. The summed E-state index contributed by atoms with van der Waals surface area (Å²) in [5.41, 5.74) is 0. The second kappa shape index (κ2) is 22.8. The van der Waals surface area contributed by atoms with Crippen LogP contribution in [0.1, 0.15) is 38.5 Å². The van der Waals surface area contributed by atoms with Gasteiger partial charge in [-0.15, -0.1) is 0 Å².